The molecule has 0 unspecified atom stereocenters. The van der Waals surface area contributed by atoms with Crippen LogP contribution in [-0.2, 0) is 6.54 Å². The molecule has 0 fully saturated rings. The minimum Gasteiger partial charge on any atom is -0.281 e. The molecule has 0 saturated carbocycles. The highest BCUT2D eigenvalue weighted by Crippen LogP contribution is 2.27. The molecule has 0 spiro atoms. The van der Waals surface area contributed by atoms with Crippen molar-refractivity contribution in [3.63, 3.8) is 0 Å². The first kappa shape index (κ1) is 12.3. The van der Waals surface area contributed by atoms with Crippen molar-refractivity contribution in [1.82, 2.24) is 9.47 Å². The molecule has 0 N–H and O–H groups in total. The number of amides is 1. The Morgan fingerprint density at radius 3 is 2.48 bits per heavy atom. The van der Waals surface area contributed by atoms with E-state index in [2.05, 4.69) is 0 Å². The molecule has 2 aromatic carbocycles. The summed E-state index contributed by atoms with van der Waals surface area (Å²) in [5, 5.41) is 1.60. The third-order valence-electron chi connectivity index (χ3n) is 3.78. The summed E-state index contributed by atoms with van der Waals surface area (Å²) in [7, 11) is 0. The van der Waals surface area contributed by atoms with E-state index in [4.69, 9.17) is 12.2 Å². The topological polar surface area (TPSA) is 25.2 Å². The normalized spacial score (nSPS) is 14.0. The number of carbonyl (C=O) groups is 1. The van der Waals surface area contributed by atoms with E-state index in [0.29, 0.717) is 17.4 Å². The Morgan fingerprint density at radius 2 is 1.67 bits per heavy atom. The zero-order valence-corrected chi connectivity index (χ0v) is 12.0. The number of para-hydroxylation sites is 1. The van der Waals surface area contributed by atoms with Crippen molar-refractivity contribution in [2.24, 2.45) is 0 Å². The van der Waals surface area contributed by atoms with E-state index in [0.717, 1.165) is 16.5 Å². The van der Waals surface area contributed by atoms with Gasteiger partial charge in [-0.2, -0.15) is 0 Å². The summed E-state index contributed by atoms with van der Waals surface area (Å²) in [5.41, 5.74) is 2.71. The van der Waals surface area contributed by atoms with E-state index in [9.17, 15) is 4.79 Å². The van der Waals surface area contributed by atoms with Gasteiger partial charge in [0.2, 0.25) is 0 Å². The van der Waals surface area contributed by atoms with Crippen LogP contribution in [-0.4, -0.2) is 20.5 Å². The van der Waals surface area contributed by atoms with Crippen molar-refractivity contribution in [3.05, 3.63) is 71.9 Å². The Balaban J connectivity index is 1.77. The SMILES string of the molecule is O=C1c2cc3ccccc3n2C(=S)N1Cc1ccccc1. The van der Waals surface area contributed by atoms with Crippen LogP contribution < -0.4 is 0 Å². The van der Waals surface area contributed by atoms with Gasteiger partial charge < -0.3 is 0 Å². The minimum absolute atomic E-state index is 0.0277. The van der Waals surface area contributed by atoms with Crippen LogP contribution in [0, 0.1) is 0 Å². The van der Waals surface area contributed by atoms with Crippen molar-refractivity contribution in [2.45, 2.75) is 6.54 Å². The lowest BCUT2D eigenvalue weighted by Gasteiger charge is -2.16. The van der Waals surface area contributed by atoms with Crippen LogP contribution in [0.5, 0.6) is 0 Å². The number of nitrogens with zero attached hydrogens (tertiary/aromatic N) is 2. The van der Waals surface area contributed by atoms with E-state index in [1.165, 1.54) is 0 Å². The van der Waals surface area contributed by atoms with Crippen molar-refractivity contribution < 1.29 is 4.79 Å². The van der Waals surface area contributed by atoms with Gasteiger partial charge in [0.15, 0.2) is 5.11 Å². The molecule has 1 aromatic heterocycles. The number of thiocarbonyl (C=S) groups is 1. The smallest absolute Gasteiger partial charge is 0.277 e. The first-order chi connectivity index (χ1) is 10.3. The van der Waals surface area contributed by atoms with Gasteiger partial charge >= 0.3 is 0 Å². The molecular formula is C17H12N2OS. The monoisotopic (exact) mass is 292 g/mol. The van der Waals surface area contributed by atoms with Crippen LogP contribution in [0.15, 0.2) is 60.7 Å². The molecule has 0 aliphatic carbocycles. The number of fused-ring (bicyclic) bond motifs is 3. The van der Waals surface area contributed by atoms with Gasteiger partial charge in [-0.25, -0.2) is 0 Å². The minimum atomic E-state index is -0.0277. The number of hydrogen-bond donors (Lipinski definition) is 0. The standard InChI is InChI=1S/C17H12N2OS/c20-16-15-10-13-8-4-5-9-14(13)19(15)17(21)18(16)11-12-6-2-1-3-7-12/h1-10H,11H2. The molecule has 1 aliphatic heterocycles. The van der Waals surface area contributed by atoms with Crippen molar-refractivity contribution in [1.29, 1.82) is 0 Å². The maximum Gasteiger partial charge on any atom is 0.277 e. The summed E-state index contributed by atoms with van der Waals surface area (Å²) in [6.45, 7) is 0.508. The van der Waals surface area contributed by atoms with Crippen LogP contribution in [0.3, 0.4) is 0 Å². The molecule has 102 valence electrons. The Morgan fingerprint density at radius 1 is 0.952 bits per heavy atom. The van der Waals surface area contributed by atoms with Gasteiger partial charge in [0.1, 0.15) is 5.69 Å². The maximum atomic E-state index is 12.6. The van der Waals surface area contributed by atoms with Gasteiger partial charge in [0.25, 0.3) is 5.91 Å². The van der Waals surface area contributed by atoms with Crippen LogP contribution in [0.4, 0.5) is 0 Å². The summed E-state index contributed by atoms with van der Waals surface area (Å²) in [6, 6.07) is 19.7. The summed E-state index contributed by atoms with van der Waals surface area (Å²) >= 11 is 5.52. The van der Waals surface area contributed by atoms with E-state index >= 15 is 0 Å². The number of rotatable bonds is 2. The average Bonchev–Trinajstić information content (AvgIpc) is 3.00. The average molecular weight is 292 g/mol. The van der Waals surface area contributed by atoms with Gasteiger partial charge in [0, 0.05) is 5.39 Å². The van der Waals surface area contributed by atoms with Gasteiger partial charge in [-0.3, -0.25) is 14.3 Å². The van der Waals surface area contributed by atoms with Crippen LogP contribution >= 0.6 is 12.2 Å². The fourth-order valence-electron chi connectivity index (χ4n) is 2.77. The van der Waals surface area contributed by atoms with Crippen molar-refractivity contribution in [2.75, 3.05) is 0 Å². The number of hydrogen-bond acceptors (Lipinski definition) is 2. The molecule has 0 saturated heterocycles. The Bertz CT molecular complexity index is 867. The fourth-order valence-corrected chi connectivity index (χ4v) is 3.11. The third kappa shape index (κ3) is 1.80. The molecule has 1 amide bonds. The second-order valence-corrected chi connectivity index (χ2v) is 5.45. The highest BCUT2D eigenvalue weighted by molar-refractivity contribution is 7.80. The highest BCUT2D eigenvalue weighted by Gasteiger charge is 2.33. The molecule has 0 atom stereocenters. The molecule has 21 heavy (non-hydrogen) atoms. The maximum absolute atomic E-state index is 12.6. The Hall–Kier alpha value is -2.46. The lowest BCUT2D eigenvalue weighted by Crippen LogP contribution is -2.30. The van der Waals surface area contributed by atoms with E-state index < -0.39 is 0 Å². The largest absolute Gasteiger partial charge is 0.281 e. The zero-order valence-electron chi connectivity index (χ0n) is 11.2. The van der Waals surface area contributed by atoms with Crippen molar-refractivity contribution in [3.8, 4) is 0 Å². The fraction of sp³-hybridized carbons (Fsp3) is 0.0588. The molecule has 3 aromatic rings. The van der Waals surface area contributed by atoms with Crippen LogP contribution in [0.1, 0.15) is 16.1 Å². The number of aromatic nitrogens is 1. The molecular weight excluding hydrogens is 280 g/mol. The second kappa shape index (κ2) is 4.53. The predicted octanol–water partition coefficient (Wildman–Crippen LogP) is 3.43. The number of benzene rings is 2. The summed E-state index contributed by atoms with van der Waals surface area (Å²) in [5.74, 6) is -0.0277. The van der Waals surface area contributed by atoms with Crippen LogP contribution in [0.25, 0.3) is 10.9 Å². The third-order valence-corrected chi connectivity index (χ3v) is 4.18. The Labute approximate surface area is 127 Å². The highest BCUT2D eigenvalue weighted by atomic mass is 32.1. The molecule has 0 radical (unpaired) electrons. The first-order valence-corrected chi connectivity index (χ1v) is 7.17. The Kier molecular flexibility index (Phi) is 2.65. The van der Waals surface area contributed by atoms with Gasteiger partial charge in [-0.15, -0.1) is 0 Å². The quantitative estimate of drug-likeness (QED) is 0.676. The molecule has 2 heterocycles. The molecule has 4 rings (SSSR count). The van der Waals surface area contributed by atoms with Crippen LogP contribution in [0.2, 0.25) is 0 Å². The van der Waals surface area contributed by atoms with E-state index in [-0.39, 0.29) is 5.91 Å². The van der Waals surface area contributed by atoms with Crippen molar-refractivity contribution >= 4 is 34.1 Å². The molecule has 4 heteroatoms. The second-order valence-electron chi connectivity index (χ2n) is 5.08. The number of carbonyl (C=O) groups excluding carboxylic acids is 1. The lowest BCUT2D eigenvalue weighted by molar-refractivity contribution is 0.0855. The summed E-state index contributed by atoms with van der Waals surface area (Å²) < 4.78 is 1.87. The van der Waals surface area contributed by atoms with Gasteiger partial charge in [0.05, 0.1) is 12.1 Å². The summed E-state index contributed by atoms with van der Waals surface area (Å²) in [4.78, 5) is 14.3. The van der Waals surface area contributed by atoms with E-state index in [1.54, 1.807) is 4.90 Å². The predicted molar refractivity (Wildman–Crippen MR) is 86.2 cm³/mol. The molecule has 0 bridgehead atoms. The van der Waals surface area contributed by atoms with Gasteiger partial charge in [-0.05, 0) is 29.9 Å². The van der Waals surface area contributed by atoms with E-state index in [1.807, 2.05) is 65.2 Å². The lowest BCUT2D eigenvalue weighted by atomic mass is 10.2. The summed E-state index contributed by atoms with van der Waals surface area (Å²) in [6.07, 6.45) is 0. The zero-order chi connectivity index (χ0) is 14.4. The molecule has 1 aliphatic rings. The van der Waals surface area contributed by atoms with Gasteiger partial charge in [-0.1, -0.05) is 48.5 Å². The molecule has 3 nitrogen and oxygen atoms in total. The first-order valence-electron chi connectivity index (χ1n) is 6.76.